The Hall–Kier alpha value is -2.76. The first-order valence-corrected chi connectivity index (χ1v) is 14.3. The highest BCUT2D eigenvalue weighted by Crippen LogP contribution is 2.45. The van der Waals surface area contributed by atoms with E-state index in [0.717, 1.165) is 5.56 Å². The molecule has 0 saturated heterocycles. The number of rotatable bonds is 7. The number of ketones is 1. The molecule has 37 heavy (non-hydrogen) atoms. The molecule has 1 amide bonds. The largest absolute Gasteiger partial charge is 0.503 e. The predicted octanol–water partition coefficient (Wildman–Crippen LogP) is 6.99. The molecular formula is C25H18Cl2N4O3S3. The Balaban J connectivity index is 1.52. The molecule has 12 heteroatoms. The first kappa shape index (κ1) is 25.9. The van der Waals surface area contributed by atoms with Crippen molar-refractivity contribution in [2.24, 2.45) is 0 Å². The maximum atomic E-state index is 13.7. The highest BCUT2D eigenvalue weighted by atomic mass is 35.5. The number of thioether (sulfide) groups is 1. The summed E-state index contributed by atoms with van der Waals surface area (Å²) in [5.41, 5.74) is 2.01. The van der Waals surface area contributed by atoms with Gasteiger partial charge in [-0.15, -0.1) is 21.5 Å². The number of carbonyl (C=O) groups is 2. The molecule has 5 rings (SSSR count). The number of thiazole rings is 1. The molecule has 1 aliphatic rings. The van der Waals surface area contributed by atoms with Crippen molar-refractivity contribution in [3.63, 3.8) is 0 Å². The lowest BCUT2D eigenvalue weighted by Crippen LogP contribution is -2.31. The van der Waals surface area contributed by atoms with E-state index < -0.39 is 23.5 Å². The lowest BCUT2D eigenvalue weighted by Gasteiger charge is -2.24. The van der Waals surface area contributed by atoms with E-state index in [4.69, 9.17) is 23.2 Å². The summed E-state index contributed by atoms with van der Waals surface area (Å²) in [6, 6.07) is 13.4. The van der Waals surface area contributed by atoms with Crippen molar-refractivity contribution < 1.29 is 14.7 Å². The highest BCUT2D eigenvalue weighted by molar-refractivity contribution is 8.00. The van der Waals surface area contributed by atoms with Crippen LogP contribution in [0.1, 0.15) is 37.5 Å². The molecule has 1 unspecified atom stereocenters. The number of aryl methyl sites for hydroxylation is 2. The SMILES string of the molecule is Cc1nc(C)c(C(=O)C2=C(O)C(=O)N(c3nnc(SCc4ccccc4Cl)s3)C2c2cccc(Cl)c2)s1. The number of anilines is 1. The number of amides is 1. The number of nitrogens with zero attached hydrogens (tertiary/aromatic N) is 4. The number of aliphatic hydroxyl groups is 1. The molecule has 0 radical (unpaired) electrons. The van der Waals surface area contributed by atoms with Gasteiger partial charge in [-0.05, 0) is 43.2 Å². The van der Waals surface area contributed by atoms with Crippen LogP contribution in [-0.4, -0.2) is 32.0 Å². The normalized spacial score (nSPS) is 15.6. The molecule has 7 nitrogen and oxygen atoms in total. The van der Waals surface area contributed by atoms with E-state index in [-0.39, 0.29) is 10.7 Å². The molecule has 1 aliphatic heterocycles. The van der Waals surface area contributed by atoms with Gasteiger partial charge in [0, 0.05) is 15.8 Å². The van der Waals surface area contributed by atoms with Crippen LogP contribution in [0.5, 0.6) is 0 Å². The van der Waals surface area contributed by atoms with E-state index in [2.05, 4.69) is 15.2 Å². The predicted molar refractivity (Wildman–Crippen MR) is 148 cm³/mol. The van der Waals surface area contributed by atoms with Gasteiger partial charge in [0.2, 0.25) is 10.9 Å². The molecule has 2 aromatic carbocycles. The van der Waals surface area contributed by atoms with Gasteiger partial charge in [-0.3, -0.25) is 14.5 Å². The Bertz CT molecular complexity index is 1570. The second-order valence-electron chi connectivity index (χ2n) is 8.10. The molecule has 0 bridgehead atoms. The summed E-state index contributed by atoms with van der Waals surface area (Å²) in [7, 11) is 0. The number of halogens is 2. The third-order valence-electron chi connectivity index (χ3n) is 5.64. The zero-order chi connectivity index (χ0) is 26.3. The average molecular weight is 590 g/mol. The minimum atomic E-state index is -0.935. The fourth-order valence-electron chi connectivity index (χ4n) is 4.00. The van der Waals surface area contributed by atoms with Crippen molar-refractivity contribution >= 4 is 74.5 Å². The fraction of sp³-hybridized carbons (Fsp3) is 0.160. The van der Waals surface area contributed by atoms with Crippen molar-refractivity contribution in [2.45, 2.75) is 30.0 Å². The van der Waals surface area contributed by atoms with Crippen molar-refractivity contribution in [1.82, 2.24) is 15.2 Å². The van der Waals surface area contributed by atoms with E-state index in [0.29, 0.717) is 41.3 Å². The van der Waals surface area contributed by atoms with Gasteiger partial charge in [-0.25, -0.2) is 4.98 Å². The van der Waals surface area contributed by atoms with Crippen LogP contribution in [0.3, 0.4) is 0 Å². The first-order chi connectivity index (χ1) is 17.7. The highest BCUT2D eigenvalue weighted by Gasteiger charge is 2.46. The second kappa shape index (κ2) is 10.5. The lowest BCUT2D eigenvalue weighted by molar-refractivity contribution is -0.117. The summed E-state index contributed by atoms with van der Waals surface area (Å²) >= 11 is 16.4. The quantitative estimate of drug-likeness (QED) is 0.141. The van der Waals surface area contributed by atoms with Gasteiger partial charge in [0.1, 0.15) is 0 Å². The molecule has 0 aliphatic carbocycles. The van der Waals surface area contributed by atoms with Gasteiger partial charge in [0.05, 0.1) is 27.2 Å². The van der Waals surface area contributed by atoms with Crippen molar-refractivity contribution in [3.05, 3.63) is 96.6 Å². The van der Waals surface area contributed by atoms with E-state index >= 15 is 0 Å². The summed E-state index contributed by atoms with van der Waals surface area (Å²) in [5.74, 6) is -1.25. The van der Waals surface area contributed by atoms with Gasteiger partial charge in [0.15, 0.2) is 10.1 Å². The van der Waals surface area contributed by atoms with Crippen molar-refractivity contribution in [1.29, 1.82) is 0 Å². The van der Waals surface area contributed by atoms with Gasteiger partial charge >= 0.3 is 0 Å². The molecule has 4 aromatic rings. The van der Waals surface area contributed by atoms with Crippen LogP contribution < -0.4 is 4.90 Å². The Kier molecular flexibility index (Phi) is 7.37. The molecular weight excluding hydrogens is 571 g/mol. The third kappa shape index (κ3) is 5.04. The van der Waals surface area contributed by atoms with E-state index in [1.54, 1.807) is 38.1 Å². The molecule has 2 aromatic heterocycles. The van der Waals surface area contributed by atoms with Crippen LogP contribution in [0.4, 0.5) is 5.13 Å². The van der Waals surface area contributed by atoms with Crippen LogP contribution in [0.2, 0.25) is 10.0 Å². The van der Waals surface area contributed by atoms with Crippen LogP contribution in [0, 0.1) is 13.8 Å². The number of aromatic nitrogens is 3. The number of benzene rings is 2. The minimum absolute atomic E-state index is 0.0421. The number of aliphatic hydroxyl groups excluding tert-OH is 1. The Morgan fingerprint density at radius 3 is 2.59 bits per heavy atom. The summed E-state index contributed by atoms with van der Waals surface area (Å²) in [4.78, 5) is 33.1. The van der Waals surface area contributed by atoms with Crippen molar-refractivity contribution in [3.8, 4) is 0 Å². The molecule has 0 spiro atoms. The third-order valence-corrected chi connectivity index (χ3v) is 9.42. The van der Waals surface area contributed by atoms with Crippen molar-refractivity contribution in [2.75, 3.05) is 4.90 Å². The molecule has 3 heterocycles. The molecule has 188 valence electrons. The number of hydrogen-bond donors (Lipinski definition) is 1. The zero-order valence-corrected chi connectivity index (χ0v) is 23.4. The van der Waals surface area contributed by atoms with Gasteiger partial charge in [-0.1, -0.05) is 76.6 Å². The maximum Gasteiger partial charge on any atom is 0.296 e. The summed E-state index contributed by atoms with van der Waals surface area (Å²) in [5, 5.41) is 21.5. The lowest BCUT2D eigenvalue weighted by atomic mass is 9.95. The smallest absolute Gasteiger partial charge is 0.296 e. The Morgan fingerprint density at radius 2 is 1.89 bits per heavy atom. The van der Waals surface area contributed by atoms with Gasteiger partial charge < -0.3 is 5.11 Å². The van der Waals surface area contributed by atoms with Gasteiger partial charge in [-0.2, -0.15) is 0 Å². The zero-order valence-electron chi connectivity index (χ0n) is 19.4. The van der Waals surface area contributed by atoms with Crippen LogP contribution in [-0.2, 0) is 10.5 Å². The topological polar surface area (TPSA) is 96.3 Å². The van der Waals surface area contributed by atoms with E-state index in [1.807, 2.05) is 24.3 Å². The molecule has 0 saturated carbocycles. The van der Waals surface area contributed by atoms with Crippen LogP contribution >= 0.6 is 57.6 Å². The summed E-state index contributed by atoms with van der Waals surface area (Å²) in [6.07, 6.45) is 0. The summed E-state index contributed by atoms with van der Waals surface area (Å²) < 4.78 is 0.612. The first-order valence-electron chi connectivity index (χ1n) is 10.9. The van der Waals surface area contributed by atoms with Crippen LogP contribution in [0.15, 0.2) is 64.2 Å². The second-order valence-corrected chi connectivity index (χ2v) is 12.3. The van der Waals surface area contributed by atoms with E-state index in [1.165, 1.54) is 39.3 Å². The maximum absolute atomic E-state index is 13.7. The number of carbonyl (C=O) groups excluding carboxylic acids is 2. The Morgan fingerprint density at radius 1 is 1.11 bits per heavy atom. The van der Waals surface area contributed by atoms with Crippen LogP contribution in [0.25, 0.3) is 0 Å². The van der Waals surface area contributed by atoms with E-state index in [9.17, 15) is 14.7 Å². The average Bonchev–Trinajstić information content (AvgIpc) is 3.54. The number of hydrogen-bond acceptors (Lipinski definition) is 9. The fourth-order valence-corrected chi connectivity index (χ4v) is 7.23. The minimum Gasteiger partial charge on any atom is -0.503 e. The molecule has 1 N–H and O–H groups in total. The number of Topliss-reactive ketones (excluding diaryl/α,β-unsaturated/α-hetero) is 1. The summed E-state index contributed by atoms with van der Waals surface area (Å²) in [6.45, 7) is 3.52. The molecule has 0 fully saturated rings. The molecule has 1 atom stereocenters. The standard InChI is InChI=1S/C25H18Cl2N4O3S3/c1-12-22(36-13(2)28-12)20(32)18-19(14-7-5-8-16(26)10-14)31(23(34)21(18)33)24-29-30-25(37-24)35-11-15-6-3-4-9-17(15)27/h3-10,19,33H,11H2,1-2H3. The monoisotopic (exact) mass is 588 g/mol. The Labute approximate surface area is 234 Å². The van der Waals surface area contributed by atoms with Gasteiger partial charge in [0.25, 0.3) is 5.91 Å².